The number of nitrogens with zero attached hydrogens (tertiary/aromatic N) is 4. The molecule has 0 saturated carbocycles. The molecule has 0 aliphatic heterocycles. The van der Waals surface area contributed by atoms with Gasteiger partial charge in [0.05, 0.1) is 16.6 Å². The Morgan fingerprint density at radius 3 is 2.16 bits per heavy atom. The van der Waals surface area contributed by atoms with Crippen LogP contribution in [0.15, 0.2) is 158 Å². The molecule has 10 rings (SSSR count). The number of allylic oxidation sites excluding steroid dienone is 5. The van der Waals surface area contributed by atoms with E-state index in [1.807, 2.05) is 66.8 Å². The maximum Gasteiger partial charge on any atom is 0.164 e. The van der Waals surface area contributed by atoms with E-state index in [1.54, 1.807) is 6.08 Å². The highest BCUT2D eigenvalue weighted by Crippen LogP contribution is 2.48. The summed E-state index contributed by atoms with van der Waals surface area (Å²) in [7, 11) is 0. The maximum absolute atomic E-state index is 4.98. The molecule has 4 heterocycles. The van der Waals surface area contributed by atoms with E-state index in [2.05, 4.69) is 108 Å². The van der Waals surface area contributed by atoms with Gasteiger partial charge >= 0.3 is 0 Å². The molecule has 0 aliphatic rings. The second-order valence-electron chi connectivity index (χ2n) is 12.9. The third-order valence-corrected chi connectivity index (χ3v) is 11.1. The van der Waals surface area contributed by atoms with E-state index in [1.165, 1.54) is 58.3 Å². The van der Waals surface area contributed by atoms with E-state index < -0.39 is 0 Å². The Hall–Kier alpha value is -6.43. The number of para-hydroxylation sites is 1. The Kier molecular flexibility index (Phi) is 6.70. The minimum absolute atomic E-state index is 0.640. The number of hydrogen-bond acceptors (Lipinski definition) is 4. The molecule has 51 heavy (non-hydrogen) atoms. The van der Waals surface area contributed by atoms with E-state index in [9.17, 15) is 0 Å². The fraction of sp³-hybridized carbons (Fsp3) is 0.0217. The van der Waals surface area contributed by atoms with Crippen molar-refractivity contribution in [2.45, 2.75) is 6.92 Å². The van der Waals surface area contributed by atoms with Gasteiger partial charge in [0, 0.05) is 52.8 Å². The smallest absolute Gasteiger partial charge is 0.164 e. The monoisotopic (exact) mass is 670 g/mol. The molecule has 0 unspecified atom stereocenters. The van der Waals surface area contributed by atoms with E-state index in [0.29, 0.717) is 17.5 Å². The Morgan fingerprint density at radius 2 is 1.29 bits per heavy atom. The third kappa shape index (κ3) is 4.63. The fourth-order valence-corrected chi connectivity index (χ4v) is 8.74. The lowest BCUT2D eigenvalue weighted by atomic mass is 9.99. The Balaban J connectivity index is 1.17. The molecule has 0 amide bonds. The van der Waals surface area contributed by atoms with E-state index in [4.69, 9.17) is 15.0 Å². The molecule has 0 fully saturated rings. The van der Waals surface area contributed by atoms with Crippen LogP contribution in [0.2, 0.25) is 0 Å². The quantitative estimate of drug-likeness (QED) is 0.165. The zero-order chi connectivity index (χ0) is 34.1. The molecule has 4 aromatic heterocycles. The van der Waals surface area contributed by atoms with Crippen LogP contribution in [0, 0.1) is 0 Å². The topological polar surface area (TPSA) is 43.1 Å². The lowest BCUT2D eigenvalue weighted by Crippen LogP contribution is -2.02. The first kappa shape index (κ1) is 29.5. The number of rotatable bonds is 6. The molecule has 5 heteroatoms. The summed E-state index contributed by atoms with van der Waals surface area (Å²) in [5, 5.41) is 7.84. The molecule has 0 bridgehead atoms. The Bertz CT molecular complexity index is 3050. The standard InChI is InChI=1S/C46H30N4S/c1-3-4-6-14-28(2)44-47-45(29-15-7-5-8-16-29)49-46(48-44)32-18-13-17-30(25-32)31-23-24-39-35(26-31)36-27-37-33-19-10-12-22-40(33)51-43(37)41-34-20-9-11-21-38(34)50(39)42(36)41/h3-27H,1H2,2H3/b6-4-,28-14+. The number of fused-ring (bicyclic) bond motifs is 10. The van der Waals surface area contributed by atoms with Crippen LogP contribution in [-0.4, -0.2) is 19.4 Å². The first-order valence-corrected chi connectivity index (χ1v) is 17.9. The van der Waals surface area contributed by atoms with Gasteiger partial charge in [-0.3, -0.25) is 0 Å². The summed E-state index contributed by atoms with van der Waals surface area (Å²) in [5.74, 6) is 1.93. The second-order valence-corrected chi connectivity index (χ2v) is 14.0. The van der Waals surface area contributed by atoms with Gasteiger partial charge in [-0.15, -0.1) is 11.3 Å². The highest BCUT2D eigenvalue weighted by atomic mass is 32.1. The molecule has 240 valence electrons. The predicted octanol–water partition coefficient (Wildman–Crippen LogP) is 12.5. The second kappa shape index (κ2) is 11.6. The van der Waals surface area contributed by atoms with Crippen LogP contribution in [-0.2, 0) is 0 Å². The van der Waals surface area contributed by atoms with Gasteiger partial charge in [0.15, 0.2) is 17.5 Å². The van der Waals surface area contributed by atoms with Crippen LogP contribution >= 0.6 is 11.3 Å². The highest BCUT2D eigenvalue weighted by Gasteiger charge is 2.22. The van der Waals surface area contributed by atoms with Crippen molar-refractivity contribution in [1.29, 1.82) is 0 Å². The molecule has 6 aromatic carbocycles. The summed E-state index contributed by atoms with van der Waals surface area (Å²) in [6.07, 6.45) is 7.61. The van der Waals surface area contributed by atoms with Crippen molar-refractivity contribution in [2.75, 3.05) is 0 Å². The van der Waals surface area contributed by atoms with Crippen molar-refractivity contribution >= 4 is 75.2 Å². The molecule has 4 nitrogen and oxygen atoms in total. The normalized spacial score (nSPS) is 12.5. The Labute approximate surface area is 298 Å². The van der Waals surface area contributed by atoms with Crippen molar-refractivity contribution in [2.24, 2.45) is 0 Å². The predicted molar refractivity (Wildman–Crippen MR) is 217 cm³/mol. The van der Waals surface area contributed by atoms with E-state index in [0.717, 1.165) is 27.8 Å². The van der Waals surface area contributed by atoms with Crippen molar-refractivity contribution < 1.29 is 0 Å². The van der Waals surface area contributed by atoms with Crippen molar-refractivity contribution in [3.63, 3.8) is 0 Å². The van der Waals surface area contributed by atoms with Crippen LogP contribution in [0.5, 0.6) is 0 Å². The molecule has 0 aliphatic carbocycles. The molecule has 10 aromatic rings. The van der Waals surface area contributed by atoms with E-state index in [-0.39, 0.29) is 0 Å². The summed E-state index contributed by atoms with van der Waals surface area (Å²) < 4.78 is 5.15. The number of thiophene rings is 1. The van der Waals surface area contributed by atoms with Crippen LogP contribution < -0.4 is 0 Å². The minimum atomic E-state index is 0.640. The summed E-state index contributed by atoms with van der Waals surface area (Å²) in [6, 6.07) is 45.6. The van der Waals surface area contributed by atoms with Crippen LogP contribution in [0.3, 0.4) is 0 Å². The maximum atomic E-state index is 4.98. The van der Waals surface area contributed by atoms with Gasteiger partial charge in [0.25, 0.3) is 0 Å². The lowest BCUT2D eigenvalue weighted by molar-refractivity contribution is 1.03. The lowest BCUT2D eigenvalue weighted by Gasteiger charge is -2.10. The molecule has 0 spiro atoms. The summed E-state index contributed by atoms with van der Waals surface area (Å²) >= 11 is 1.90. The zero-order valence-electron chi connectivity index (χ0n) is 27.8. The molecule has 0 saturated heterocycles. The number of aromatic nitrogens is 4. The SMILES string of the molecule is C=C/C=C\C=C(/C)c1nc(-c2ccccc2)nc(-c2cccc(-c3ccc4c(c3)c3cc5c6ccccc6sc5c5c6ccccc6n4c35)c2)n1. The molecule has 0 radical (unpaired) electrons. The number of benzene rings is 6. The van der Waals surface area contributed by atoms with Gasteiger partial charge in [-0.25, -0.2) is 15.0 Å². The summed E-state index contributed by atoms with van der Waals surface area (Å²) in [6.45, 7) is 5.80. The highest BCUT2D eigenvalue weighted by molar-refractivity contribution is 7.26. The van der Waals surface area contributed by atoms with E-state index >= 15 is 0 Å². The molecular formula is C46H30N4S. The van der Waals surface area contributed by atoms with Crippen molar-refractivity contribution in [3.8, 4) is 33.9 Å². The Morgan fingerprint density at radius 1 is 0.588 bits per heavy atom. The average molecular weight is 671 g/mol. The first-order valence-electron chi connectivity index (χ1n) is 17.1. The molecule has 0 atom stereocenters. The van der Waals surface area contributed by atoms with Crippen molar-refractivity contribution in [3.05, 3.63) is 164 Å². The van der Waals surface area contributed by atoms with Crippen LogP contribution in [0.25, 0.3) is 97.7 Å². The van der Waals surface area contributed by atoms with Gasteiger partial charge in [-0.1, -0.05) is 122 Å². The summed E-state index contributed by atoms with van der Waals surface area (Å²) in [4.78, 5) is 14.8. The van der Waals surface area contributed by atoms with Gasteiger partial charge < -0.3 is 4.40 Å². The first-order chi connectivity index (χ1) is 25.2. The zero-order valence-corrected chi connectivity index (χ0v) is 28.7. The van der Waals surface area contributed by atoms with Gasteiger partial charge in [-0.05, 0) is 60.0 Å². The average Bonchev–Trinajstić information content (AvgIpc) is 3.84. The summed E-state index contributed by atoms with van der Waals surface area (Å²) in [5.41, 5.74) is 8.86. The van der Waals surface area contributed by atoms with Gasteiger partial charge in [0.1, 0.15) is 0 Å². The van der Waals surface area contributed by atoms with Crippen molar-refractivity contribution in [1.82, 2.24) is 19.4 Å². The molecule has 0 N–H and O–H groups in total. The van der Waals surface area contributed by atoms with Crippen LogP contribution in [0.1, 0.15) is 12.7 Å². The molecular weight excluding hydrogens is 641 g/mol. The third-order valence-electron chi connectivity index (χ3n) is 9.87. The van der Waals surface area contributed by atoms with Gasteiger partial charge in [-0.2, -0.15) is 0 Å². The van der Waals surface area contributed by atoms with Crippen LogP contribution in [0.4, 0.5) is 0 Å². The largest absolute Gasteiger partial charge is 0.308 e. The minimum Gasteiger partial charge on any atom is -0.308 e. The fourth-order valence-electron chi connectivity index (χ4n) is 7.50. The number of hydrogen-bond donors (Lipinski definition) is 0. The van der Waals surface area contributed by atoms with Gasteiger partial charge in [0.2, 0.25) is 0 Å².